The van der Waals surface area contributed by atoms with Crippen LogP contribution in [-0.4, -0.2) is 45.7 Å². The molecule has 6 nitrogen and oxygen atoms in total. The summed E-state index contributed by atoms with van der Waals surface area (Å²) in [4.78, 5) is 19.1. The van der Waals surface area contributed by atoms with Gasteiger partial charge in [-0.3, -0.25) is 9.89 Å². The van der Waals surface area contributed by atoms with E-state index in [9.17, 15) is 4.79 Å². The summed E-state index contributed by atoms with van der Waals surface area (Å²) < 4.78 is 5.52. The highest BCUT2D eigenvalue weighted by molar-refractivity contribution is 5.84. The third-order valence-corrected chi connectivity index (χ3v) is 4.07. The smallest absolute Gasteiger partial charge is 0.230 e. The SMILES string of the molecule is CC[C@@H](C(=O)N1CCOC[C@@H]1c1ncn[nH]1)c1ccccc1. The molecule has 0 unspecified atom stereocenters. The van der Waals surface area contributed by atoms with Gasteiger partial charge in [0.05, 0.1) is 19.1 Å². The van der Waals surface area contributed by atoms with E-state index in [-0.39, 0.29) is 17.9 Å². The van der Waals surface area contributed by atoms with Crippen LogP contribution in [0.25, 0.3) is 0 Å². The average molecular weight is 300 g/mol. The number of rotatable bonds is 4. The van der Waals surface area contributed by atoms with Gasteiger partial charge in [0.25, 0.3) is 0 Å². The lowest BCUT2D eigenvalue weighted by Gasteiger charge is -2.36. The van der Waals surface area contributed by atoms with E-state index >= 15 is 0 Å². The zero-order chi connectivity index (χ0) is 15.4. The van der Waals surface area contributed by atoms with E-state index in [0.717, 1.165) is 12.0 Å². The molecule has 1 aromatic carbocycles. The molecule has 2 atom stereocenters. The van der Waals surface area contributed by atoms with Crippen molar-refractivity contribution < 1.29 is 9.53 Å². The van der Waals surface area contributed by atoms with Crippen molar-refractivity contribution in [2.45, 2.75) is 25.3 Å². The van der Waals surface area contributed by atoms with Crippen molar-refractivity contribution in [3.05, 3.63) is 48.0 Å². The summed E-state index contributed by atoms with van der Waals surface area (Å²) in [6.07, 6.45) is 2.23. The van der Waals surface area contributed by atoms with Gasteiger partial charge in [-0.05, 0) is 12.0 Å². The standard InChI is InChI=1S/C16H20N4O2/c1-2-13(12-6-4-3-5-7-12)16(21)20-8-9-22-10-14(20)15-17-11-18-19-15/h3-7,11,13-14H,2,8-10H2,1H3,(H,17,18,19)/t13-,14-/m1/s1. The third kappa shape index (κ3) is 2.87. The Bertz CT molecular complexity index is 600. The molecule has 0 bridgehead atoms. The molecule has 2 heterocycles. The van der Waals surface area contributed by atoms with E-state index in [0.29, 0.717) is 25.6 Å². The Balaban J connectivity index is 1.85. The number of hydrogen-bond donors (Lipinski definition) is 1. The molecule has 3 rings (SSSR count). The molecule has 22 heavy (non-hydrogen) atoms. The average Bonchev–Trinajstić information content (AvgIpc) is 3.11. The number of nitrogens with one attached hydrogen (secondary N) is 1. The number of carbonyl (C=O) groups is 1. The van der Waals surface area contributed by atoms with Crippen molar-refractivity contribution in [3.63, 3.8) is 0 Å². The van der Waals surface area contributed by atoms with Gasteiger partial charge in [-0.25, -0.2) is 4.98 Å². The lowest BCUT2D eigenvalue weighted by molar-refractivity contribution is -0.142. The van der Waals surface area contributed by atoms with Crippen molar-refractivity contribution >= 4 is 5.91 Å². The van der Waals surface area contributed by atoms with Crippen molar-refractivity contribution in [1.82, 2.24) is 20.1 Å². The number of ether oxygens (including phenoxy) is 1. The van der Waals surface area contributed by atoms with Gasteiger partial charge in [0.1, 0.15) is 18.2 Å². The van der Waals surface area contributed by atoms with Gasteiger partial charge in [0, 0.05) is 6.54 Å². The second kappa shape index (κ2) is 6.70. The Hall–Kier alpha value is -2.21. The number of aromatic amines is 1. The molecule has 6 heteroatoms. The molecule has 1 saturated heterocycles. The van der Waals surface area contributed by atoms with Crippen LogP contribution in [0.2, 0.25) is 0 Å². The van der Waals surface area contributed by atoms with E-state index < -0.39 is 0 Å². The van der Waals surface area contributed by atoms with Crippen molar-refractivity contribution in [3.8, 4) is 0 Å². The monoisotopic (exact) mass is 300 g/mol. The second-order valence-electron chi connectivity index (χ2n) is 5.36. The summed E-state index contributed by atoms with van der Waals surface area (Å²) in [7, 11) is 0. The molecular formula is C16H20N4O2. The molecule has 1 amide bonds. The van der Waals surface area contributed by atoms with Crippen LogP contribution >= 0.6 is 0 Å². The molecule has 1 N–H and O–H groups in total. The summed E-state index contributed by atoms with van der Waals surface area (Å²) in [5, 5.41) is 6.74. The molecule has 1 aliphatic rings. The molecule has 1 aromatic heterocycles. The van der Waals surface area contributed by atoms with Gasteiger partial charge in [-0.15, -0.1) is 0 Å². The number of amides is 1. The zero-order valence-electron chi connectivity index (χ0n) is 12.6. The number of morpholine rings is 1. The molecule has 1 fully saturated rings. The fourth-order valence-corrected chi connectivity index (χ4v) is 2.91. The number of hydrogen-bond acceptors (Lipinski definition) is 4. The summed E-state index contributed by atoms with van der Waals surface area (Å²) in [5.74, 6) is 0.666. The van der Waals surface area contributed by atoms with Gasteiger partial charge in [0.15, 0.2) is 0 Å². The number of carbonyl (C=O) groups excluding carboxylic acids is 1. The van der Waals surface area contributed by atoms with E-state index in [1.54, 1.807) is 0 Å². The predicted molar refractivity (Wildman–Crippen MR) is 81.1 cm³/mol. The number of benzene rings is 1. The minimum absolute atomic E-state index is 0.124. The molecule has 0 saturated carbocycles. The van der Waals surface area contributed by atoms with Gasteiger partial charge in [-0.2, -0.15) is 5.10 Å². The highest BCUT2D eigenvalue weighted by Crippen LogP contribution is 2.28. The Kier molecular flexibility index (Phi) is 4.48. The lowest BCUT2D eigenvalue weighted by atomic mass is 9.94. The molecule has 0 spiro atoms. The van der Waals surface area contributed by atoms with Crippen molar-refractivity contribution in [2.75, 3.05) is 19.8 Å². The first-order chi connectivity index (χ1) is 10.8. The van der Waals surface area contributed by atoms with Crippen molar-refractivity contribution in [1.29, 1.82) is 0 Å². The predicted octanol–water partition coefficient (Wildman–Crippen LogP) is 1.90. The van der Waals surface area contributed by atoms with E-state index in [1.807, 2.05) is 42.2 Å². The molecule has 1 aliphatic heterocycles. The maximum Gasteiger partial charge on any atom is 0.230 e. The zero-order valence-corrected chi connectivity index (χ0v) is 12.6. The Labute approximate surface area is 129 Å². The van der Waals surface area contributed by atoms with Crippen LogP contribution in [0.5, 0.6) is 0 Å². The normalized spacial score (nSPS) is 19.9. The molecule has 2 aromatic rings. The number of aromatic nitrogens is 3. The molecular weight excluding hydrogens is 280 g/mol. The highest BCUT2D eigenvalue weighted by atomic mass is 16.5. The van der Waals surface area contributed by atoms with Crippen LogP contribution in [0.1, 0.15) is 36.7 Å². The maximum absolute atomic E-state index is 13.0. The minimum atomic E-state index is -0.193. The molecule has 0 radical (unpaired) electrons. The lowest BCUT2D eigenvalue weighted by Crippen LogP contribution is -2.45. The first-order valence-electron chi connectivity index (χ1n) is 7.59. The van der Waals surface area contributed by atoms with Crippen LogP contribution in [0.3, 0.4) is 0 Å². The van der Waals surface area contributed by atoms with Crippen LogP contribution < -0.4 is 0 Å². The van der Waals surface area contributed by atoms with Crippen LogP contribution in [0.4, 0.5) is 0 Å². The summed E-state index contributed by atoms with van der Waals surface area (Å²) in [6, 6.07) is 9.73. The van der Waals surface area contributed by atoms with Gasteiger partial charge in [0.2, 0.25) is 5.91 Å². The number of nitrogens with zero attached hydrogens (tertiary/aromatic N) is 3. The first kappa shape index (κ1) is 14.7. The molecule has 116 valence electrons. The minimum Gasteiger partial charge on any atom is -0.377 e. The first-order valence-corrected chi connectivity index (χ1v) is 7.59. The van der Waals surface area contributed by atoms with E-state index in [1.165, 1.54) is 6.33 Å². The summed E-state index contributed by atoms with van der Waals surface area (Å²) >= 11 is 0. The van der Waals surface area contributed by atoms with E-state index in [2.05, 4.69) is 15.2 Å². The van der Waals surface area contributed by atoms with Gasteiger partial charge in [-0.1, -0.05) is 37.3 Å². The Morgan fingerprint density at radius 2 is 2.27 bits per heavy atom. The summed E-state index contributed by atoms with van der Waals surface area (Å²) in [6.45, 7) is 3.63. The fraction of sp³-hybridized carbons (Fsp3) is 0.438. The maximum atomic E-state index is 13.0. The van der Waals surface area contributed by atoms with Crippen LogP contribution in [0, 0.1) is 0 Å². The van der Waals surface area contributed by atoms with Gasteiger partial charge < -0.3 is 9.64 Å². The molecule has 0 aliphatic carbocycles. The highest BCUT2D eigenvalue weighted by Gasteiger charge is 2.34. The third-order valence-electron chi connectivity index (χ3n) is 4.07. The Morgan fingerprint density at radius 3 is 2.95 bits per heavy atom. The van der Waals surface area contributed by atoms with Gasteiger partial charge >= 0.3 is 0 Å². The summed E-state index contributed by atoms with van der Waals surface area (Å²) in [5.41, 5.74) is 1.05. The topological polar surface area (TPSA) is 71.1 Å². The number of H-pyrrole nitrogens is 1. The largest absolute Gasteiger partial charge is 0.377 e. The second-order valence-corrected chi connectivity index (χ2v) is 5.36. The van der Waals surface area contributed by atoms with Crippen LogP contribution in [0.15, 0.2) is 36.7 Å². The fourth-order valence-electron chi connectivity index (χ4n) is 2.91. The van der Waals surface area contributed by atoms with Crippen molar-refractivity contribution in [2.24, 2.45) is 0 Å². The quantitative estimate of drug-likeness (QED) is 0.936. The Morgan fingerprint density at radius 1 is 1.45 bits per heavy atom. The van der Waals surface area contributed by atoms with Crippen LogP contribution in [-0.2, 0) is 9.53 Å². The van der Waals surface area contributed by atoms with E-state index in [4.69, 9.17) is 4.74 Å².